The molecule has 1 saturated carbocycles. The smallest absolute Gasteiger partial charge is 0.173 e. The van der Waals surface area contributed by atoms with Gasteiger partial charge in [0.1, 0.15) is 0 Å². The first-order valence-electron chi connectivity index (χ1n) is 6.49. The summed E-state index contributed by atoms with van der Waals surface area (Å²) < 4.78 is 22.9. The van der Waals surface area contributed by atoms with Crippen LogP contribution in [0, 0.1) is 0 Å². The second kappa shape index (κ2) is 4.07. The molecule has 0 aromatic heterocycles. The summed E-state index contributed by atoms with van der Waals surface area (Å²) in [7, 11) is -2.92. The van der Waals surface area contributed by atoms with Crippen molar-refractivity contribution in [3.63, 3.8) is 0 Å². The molecule has 96 valence electrons. The number of hydrogen-bond donors (Lipinski definition) is 1. The summed E-state index contributed by atoms with van der Waals surface area (Å²) in [6, 6.07) is 0.111. The highest BCUT2D eigenvalue weighted by atomic mass is 32.2. The Bertz CT molecular complexity index is 424. The van der Waals surface area contributed by atoms with Crippen LogP contribution in [-0.2, 0) is 9.84 Å². The second-order valence-electron chi connectivity index (χ2n) is 5.61. The summed E-state index contributed by atoms with van der Waals surface area (Å²) in [6.45, 7) is 2.97. The number of piperazine rings is 1. The molecular weight excluding hydrogens is 236 g/mol. The van der Waals surface area contributed by atoms with Crippen LogP contribution in [0.2, 0.25) is 0 Å². The molecule has 1 aliphatic carbocycles. The van der Waals surface area contributed by atoms with Gasteiger partial charge in [-0.2, -0.15) is 0 Å². The van der Waals surface area contributed by atoms with Gasteiger partial charge in [-0.05, 0) is 12.8 Å². The molecule has 17 heavy (non-hydrogen) atoms. The Hall–Kier alpha value is -0.390. The minimum atomic E-state index is -2.92. The van der Waals surface area contributed by atoms with Crippen molar-refractivity contribution >= 4 is 9.84 Å². The molecule has 1 N–H and O–H groups in total. The highest BCUT2D eigenvalue weighted by molar-refractivity contribution is 7.94. The molecule has 0 amide bonds. The van der Waals surface area contributed by atoms with Gasteiger partial charge in [-0.15, -0.1) is 0 Å². The summed E-state index contributed by atoms with van der Waals surface area (Å²) in [5.74, 6) is 0.281. The lowest BCUT2D eigenvalue weighted by Crippen LogP contribution is -2.61. The molecule has 1 unspecified atom stereocenters. The first kappa shape index (κ1) is 11.7. The fraction of sp³-hybridized carbons (Fsp3) is 0.833. The van der Waals surface area contributed by atoms with Crippen LogP contribution in [0.15, 0.2) is 11.5 Å². The van der Waals surface area contributed by atoms with Crippen molar-refractivity contribution in [2.75, 3.05) is 25.4 Å². The molecule has 2 aliphatic heterocycles. The van der Waals surface area contributed by atoms with Gasteiger partial charge in [0, 0.05) is 36.6 Å². The summed E-state index contributed by atoms with van der Waals surface area (Å²) >= 11 is 0. The van der Waals surface area contributed by atoms with Crippen LogP contribution in [0.4, 0.5) is 0 Å². The van der Waals surface area contributed by atoms with Gasteiger partial charge in [-0.25, -0.2) is 8.42 Å². The van der Waals surface area contributed by atoms with Crippen LogP contribution < -0.4 is 5.32 Å². The number of hydrogen-bond acceptors (Lipinski definition) is 4. The molecular formula is C12H20N2O2S. The van der Waals surface area contributed by atoms with E-state index in [-0.39, 0.29) is 17.3 Å². The van der Waals surface area contributed by atoms with E-state index < -0.39 is 9.84 Å². The van der Waals surface area contributed by atoms with Crippen LogP contribution in [0.1, 0.15) is 25.7 Å². The maximum atomic E-state index is 11.5. The summed E-state index contributed by atoms with van der Waals surface area (Å²) in [6.07, 6.45) is 6.96. The van der Waals surface area contributed by atoms with Crippen molar-refractivity contribution in [1.82, 2.24) is 10.2 Å². The summed E-state index contributed by atoms with van der Waals surface area (Å²) in [4.78, 5) is 2.35. The molecule has 4 nitrogen and oxygen atoms in total. The Morgan fingerprint density at radius 1 is 1.29 bits per heavy atom. The van der Waals surface area contributed by atoms with Gasteiger partial charge < -0.3 is 5.32 Å². The maximum Gasteiger partial charge on any atom is 0.173 e. The lowest BCUT2D eigenvalue weighted by atomic mass is 9.94. The highest BCUT2D eigenvalue weighted by Crippen LogP contribution is 2.33. The quantitative estimate of drug-likeness (QED) is 0.743. The van der Waals surface area contributed by atoms with Crippen molar-refractivity contribution in [3.05, 3.63) is 11.5 Å². The summed E-state index contributed by atoms with van der Waals surface area (Å²) in [5.41, 5.74) is 0.276. The van der Waals surface area contributed by atoms with Gasteiger partial charge in [-0.1, -0.05) is 18.9 Å². The van der Waals surface area contributed by atoms with Crippen LogP contribution in [0.3, 0.4) is 0 Å². The zero-order chi connectivity index (χ0) is 11.9. The largest absolute Gasteiger partial charge is 0.309 e. The van der Waals surface area contributed by atoms with Crippen LogP contribution in [0.25, 0.3) is 0 Å². The highest BCUT2D eigenvalue weighted by Gasteiger charge is 2.40. The molecule has 5 heteroatoms. The van der Waals surface area contributed by atoms with E-state index in [4.69, 9.17) is 0 Å². The first-order chi connectivity index (χ1) is 8.09. The minimum Gasteiger partial charge on any atom is -0.309 e. The van der Waals surface area contributed by atoms with Crippen LogP contribution in [0.5, 0.6) is 0 Å². The monoisotopic (exact) mass is 256 g/mol. The molecule has 0 bridgehead atoms. The lowest BCUT2D eigenvalue weighted by molar-refractivity contribution is 0.119. The van der Waals surface area contributed by atoms with E-state index in [1.165, 1.54) is 31.1 Å². The van der Waals surface area contributed by atoms with Crippen molar-refractivity contribution in [1.29, 1.82) is 0 Å². The molecule has 0 aromatic rings. The zero-order valence-electron chi connectivity index (χ0n) is 10.1. The van der Waals surface area contributed by atoms with Crippen molar-refractivity contribution < 1.29 is 8.42 Å². The number of rotatable bonds is 1. The molecule has 2 heterocycles. The van der Waals surface area contributed by atoms with E-state index in [9.17, 15) is 8.42 Å². The topological polar surface area (TPSA) is 49.4 Å². The Morgan fingerprint density at radius 3 is 2.71 bits per heavy atom. The lowest BCUT2D eigenvalue weighted by Gasteiger charge is -2.43. The van der Waals surface area contributed by atoms with Gasteiger partial charge in [-0.3, -0.25) is 4.90 Å². The molecule has 3 aliphatic rings. The summed E-state index contributed by atoms with van der Waals surface area (Å²) in [5, 5.41) is 5.04. The van der Waals surface area contributed by atoms with Gasteiger partial charge in [0.25, 0.3) is 0 Å². The third-order valence-electron chi connectivity index (χ3n) is 4.35. The van der Waals surface area contributed by atoms with E-state index in [2.05, 4.69) is 10.2 Å². The minimum absolute atomic E-state index is 0.111. The Kier molecular flexibility index (Phi) is 2.80. The third kappa shape index (κ3) is 2.28. The van der Waals surface area contributed by atoms with Crippen LogP contribution in [-0.4, -0.2) is 50.3 Å². The fourth-order valence-electron chi connectivity index (χ4n) is 3.44. The van der Waals surface area contributed by atoms with Crippen LogP contribution >= 0.6 is 0 Å². The van der Waals surface area contributed by atoms with Gasteiger partial charge >= 0.3 is 0 Å². The Balaban J connectivity index is 1.71. The molecule has 3 rings (SSSR count). The maximum absolute atomic E-state index is 11.5. The molecule has 1 saturated heterocycles. The van der Waals surface area contributed by atoms with E-state index in [1.807, 2.05) is 6.08 Å². The standard InChI is InChI=1S/C12H20N2O2S/c15-17(16)8-3-11(9-17)14-7-6-13-12(10-14)4-1-2-5-12/h3,8,11,13H,1-2,4-7,9-10H2. The fourth-order valence-corrected chi connectivity index (χ4v) is 4.77. The normalized spacial score (nSPS) is 35.6. The molecule has 2 fully saturated rings. The van der Waals surface area contributed by atoms with E-state index >= 15 is 0 Å². The number of nitrogens with one attached hydrogen (secondary N) is 1. The first-order valence-corrected chi connectivity index (χ1v) is 8.20. The average Bonchev–Trinajstić information content (AvgIpc) is 2.86. The van der Waals surface area contributed by atoms with Gasteiger partial charge in [0.05, 0.1) is 5.75 Å². The molecule has 0 aromatic carbocycles. The molecule has 1 atom stereocenters. The van der Waals surface area contributed by atoms with Crippen molar-refractivity contribution in [3.8, 4) is 0 Å². The molecule has 0 radical (unpaired) electrons. The van der Waals surface area contributed by atoms with Gasteiger partial charge in [0.2, 0.25) is 0 Å². The third-order valence-corrected chi connectivity index (χ3v) is 5.72. The second-order valence-corrected chi connectivity index (χ2v) is 7.54. The Labute approximate surface area is 103 Å². The van der Waals surface area contributed by atoms with E-state index in [0.717, 1.165) is 19.6 Å². The van der Waals surface area contributed by atoms with E-state index in [0.29, 0.717) is 0 Å². The zero-order valence-corrected chi connectivity index (χ0v) is 10.9. The van der Waals surface area contributed by atoms with E-state index in [1.54, 1.807) is 0 Å². The predicted molar refractivity (Wildman–Crippen MR) is 67.5 cm³/mol. The number of sulfone groups is 1. The van der Waals surface area contributed by atoms with Crippen molar-refractivity contribution in [2.45, 2.75) is 37.3 Å². The van der Waals surface area contributed by atoms with Crippen molar-refractivity contribution in [2.24, 2.45) is 0 Å². The molecule has 1 spiro atoms. The predicted octanol–water partition coefficient (Wildman–Crippen LogP) is 0.515. The van der Waals surface area contributed by atoms with Gasteiger partial charge in [0.15, 0.2) is 9.84 Å². The number of nitrogens with zero attached hydrogens (tertiary/aromatic N) is 1. The SMILES string of the molecule is O=S1(=O)C=CC(N2CCNC3(CCCC3)C2)C1. The average molecular weight is 256 g/mol. The Morgan fingerprint density at radius 2 is 2.06 bits per heavy atom.